The minimum Gasteiger partial charge on any atom is -0.339 e. The molecule has 0 amide bonds. The maximum atomic E-state index is 6.36. The van der Waals surface area contributed by atoms with Crippen molar-refractivity contribution in [3.8, 4) is 11.1 Å². The Morgan fingerprint density at radius 1 is 1.05 bits per heavy atom. The van der Waals surface area contributed by atoms with Gasteiger partial charge in [0.25, 0.3) is 0 Å². The van der Waals surface area contributed by atoms with Crippen LogP contribution in [0.25, 0.3) is 32.9 Å². The second-order valence-corrected chi connectivity index (χ2v) is 5.55. The van der Waals surface area contributed by atoms with Crippen LogP contribution in [0.2, 0.25) is 5.02 Å². The molecule has 0 radical (unpaired) electrons. The van der Waals surface area contributed by atoms with E-state index in [4.69, 9.17) is 11.6 Å². The Morgan fingerprint density at radius 2 is 1.86 bits per heavy atom. The van der Waals surface area contributed by atoms with Gasteiger partial charge in [-0.15, -0.1) is 0 Å². The van der Waals surface area contributed by atoms with E-state index >= 15 is 0 Å². The van der Waals surface area contributed by atoms with E-state index in [0.717, 1.165) is 39.5 Å². The van der Waals surface area contributed by atoms with Gasteiger partial charge in [0.05, 0.1) is 17.2 Å². The first-order valence-corrected chi connectivity index (χ1v) is 7.48. The molecule has 0 aliphatic carbocycles. The fourth-order valence-electron chi connectivity index (χ4n) is 3.03. The molecule has 22 heavy (non-hydrogen) atoms. The number of hydrogen-bond acceptors (Lipinski definition) is 3. The summed E-state index contributed by atoms with van der Waals surface area (Å²) < 4.78 is 2.26. The van der Waals surface area contributed by atoms with Crippen LogP contribution in [-0.2, 0) is 6.54 Å². The van der Waals surface area contributed by atoms with Gasteiger partial charge >= 0.3 is 0 Å². The molecule has 0 saturated heterocycles. The number of benzene rings is 1. The predicted molar refractivity (Wildman–Crippen MR) is 88.9 cm³/mol. The Kier molecular flexibility index (Phi) is 3.05. The van der Waals surface area contributed by atoms with Crippen molar-refractivity contribution < 1.29 is 0 Å². The molecule has 0 aliphatic heterocycles. The molecule has 3 aromatic heterocycles. The van der Waals surface area contributed by atoms with E-state index in [2.05, 4.69) is 26.4 Å². The average Bonchev–Trinajstić information content (AvgIpc) is 2.88. The lowest BCUT2D eigenvalue weighted by Crippen LogP contribution is -1.96. The molecule has 0 saturated carbocycles. The van der Waals surface area contributed by atoms with Crippen LogP contribution < -0.4 is 0 Å². The number of aryl methyl sites for hydroxylation is 1. The van der Waals surface area contributed by atoms with Gasteiger partial charge in [-0.1, -0.05) is 11.6 Å². The molecule has 0 unspecified atom stereocenters. The van der Waals surface area contributed by atoms with Crippen LogP contribution in [0.3, 0.4) is 0 Å². The van der Waals surface area contributed by atoms with E-state index in [1.54, 1.807) is 0 Å². The van der Waals surface area contributed by atoms with Crippen LogP contribution >= 0.6 is 11.6 Å². The first-order valence-electron chi connectivity index (χ1n) is 7.10. The molecule has 4 nitrogen and oxygen atoms in total. The normalized spacial score (nSPS) is 11.4. The second kappa shape index (κ2) is 5.07. The Morgan fingerprint density at radius 3 is 2.64 bits per heavy atom. The molecule has 0 N–H and O–H groups in total. The zero-order chi connectivity index (χ0) is 15.1. The molecule has 1 aromatic carbocycles. The zero-order valence-electron chi connectivity index (χ0n) is 12.0. The van der Waals surface area contributed by atoms with Gasteiger partial charge in [0.15, 0.2) is 0 Å². The van der Waals surface area contributed by atoms with Gasteiger partial charge < -0.3 is 4.57 Å². The summed E-state index contributed by atoms with van der Waals surface area (Å²) in [7, 11) is 0. The van der Waals surface area contributed by atoms with Crippen molar-refractivity contribution in [2.75, 3.05) is 0 Å². The van der Waals surface area contributed by atoms with Crippen molar-refractivity contribution in [1.82, 2.24) is 19.5 Å². The molecular formula is C17H13ClN4. The monoisotopic (exact) mass is 308 g/mol. The number of rotatable bonds is 2. The molecular weight excluding hydrogens is 296 g/mol. The Balaban J connectivity index is 2.22. The fraction of sp³-hybridized carbons (Fsp3) is 0.118. The molecule has 4 aromatic rings. The molecule has 5 heteroatoms. The number of aromatic nitrogens is 4. The average molecular weight is 309 g/mol. The first-order chi connectivity index (χ1) is 10.8. The summed E-state index contributed by atoms with van der Waals surface area (Å²) in [5.41, 5.74) is 4.26. The highest BCUT2D eigenvalue weighted by Gasteiger charge is 2.15. The lowest BCUT2D eigenvalue weighted by molar-refractivity contribution is 0.826. The van der Waals surface area contributed by atoms with E-state index in [-0.39, 0.29) is 0 Å². The molecule has 0 spiro atoms. The van der Waals surface area contributed by atoms with Crippen LogP contribution in [0.4, 0.5) is 0 Å². The second-order valence-electron chi connectivity index (χ2n) is 5.11. The molecule has 0 fully saturated rings. The maximum Gasteiger partial charge on any atom is 0.115 e. The molecule has 108 valence electrons. The lowest BCUT2D eigenvalue weighted by Gasteiger charge is -2.09. The van der Waals surface area contributed by atoms with Gasteiger partial charge in [-0.2, -0.15) is 0 Å². The number of nitrogens with zero attached hydrogens (tertiary/aromatic N) is 4. The van der Waals surface area contributed by atoms with Crippen molar-refractivity contribution in [2.45, 2.75) is 13.5 Å². The molecule has 3 heterocycles. The summed E-state index contributed by atoms with van der Waals surface area (Å²) in [4.78, 5) is 12.5. The van der Waals surface area contributed by atoms with Crippen molar-refractivity contribution >= 4 is 33.4 Å². The molecule has 0 bridgehead atoms. The highest BCUT2D eigenvalue weighted by Crippen LogP contribution is 2.37. The van der Waals surface area contributed by atoms with E-state index < -0.39 is 0 Å². The van der Waals surface area contributed by atoms with E-state index in [1.165, 1.54) is 6.33 Å². The van der Waals surface area contributed by atoms with E-state index in [0.29, 0.717) is 5.02 Å². The minimum absolute atomic E-state index is 0.707. The summed E-state index contributed by atoms with van der Waals surface area (Å²) in [5.74, 6) is 0. The molecule has 4 rings (SSSR count). The van der Waals surface area contributed by atoms with Crippen LogP contribution in [0, 0.1) is 0 Å². The predicted octanol–water partition coefficient (Wildman–Crippen LogP) is 4.32. The van der Waals surface area contributed by atoms with Gasteiger partial charge in [-0.25, -0.2) is 9.97 Å². The van der Waals surface area contributed by atoms with E-state index in [1.807, 2.05) is 43.0 Å². The Hall–Kier alpha value is -2.46. The smallest absolute Gasteiger partial charge is 0.115 e. The minimum atomic E-state index is 0.707. The van der Waals surface area contributed by atoms with Gasteiger partial charge in [-0.3, -0.25) is 4.98 Å². The van der Waals surface area contributed by atoms with Crippen LogP contribution in [0.15, 0.2) is 49.3 Å². The Bertz CT molecular complexity index is 976. The fourth-order valence-corrected chi connectivity index (χ4v) is 3.25. The quantitative estimate of drug-likeness (QED) is 0.554. The summed E-state index contributed by atoms with van der Waals surface area (Å²) >= 11 is 6.36. The van der Waals surface area contributed by atoms with Crippen LogP contribution in [0.1, 0.15) is 6.92 Å². The summed E-state index contributed by atoms with van der Waals surface area (Å²) in [6.45, 7) is 2.99. The van der Waals surface area contributed by atoms with Gasteiger partial charge in [0.2, 0.25) is 0 Å². The number of hydrogen-bond donors (Lipinski definition) is 0. The van der Waals surface area contributed by atoms with E-state index in [9.17, 15) is 0 Å². The first kappa shape index (κ1) is 13.2. The van der Waals surface area contributed by atoms with Crippen molar-refractivity contribution in [1.29, 1.82) is 0 Å². The summed E-state index contributed by atoms with van der Waals surface area (Å²) in [5, 5.41) is 3.00. The lowest BCUT2D eigenvalue weighted by atomic mass is 10.0. The summed E-state index contributed by atoms with van der Waals surface area (Å²) in [6.07, 6.45) is 8.87. The third kappa shape index (κ3) is 1.88. The van der Waals surface area contributed by atoms with Crippen LogP contribution in [0.5, 0.6) is 0 Å². The molecule has 0 aliphatic rings. The van der Waals surface area contributed by atoms with Crippen molar-refractivity contribution in [3.05, 3.63) is 54.3 Å². The van der Waals surface area contributed by atoms with Gasteiger partial charge in [-0.05, 0) is 25.1 Å². The highest BCUT2D eigenvalue weighted by molar-refractivity contribution is 6.32. The van der Waals surface area contributed by atoms with Gasteiger partial charge in [0, 0.05) is 52.1 Å². The third-order valence-corrected chi connectivity index (χ3v) is 4.13. The summed E-state index contributed by atoms with van der Waals surface area (Å²) in [6, 6.07) is 6.02. The topological polar surface area (TPSA) is 43.6 Å². The largest absolute Gasteiger partial charge is 0.339 e. The number of halogens is 1. The highest BCUT2D eigenvalue weighted by atomic mass is 35.5. The standard InChI is InChI=1S/C17H13ClN4/c1-2-22-16-9-19-4-3-13(16)15-6-12(18)5-14(17(15)22)11-7-20-10-21-8-11/h3-10H,2H2,1H3. The van der Waals surface area contributed by atoms with Crippen molar-refractivity contribution in [3.63, 3.8) is 0 Å². The van der Waals surface area contributed by atoms with Crippen molar-refractivity contribution in [2.24, 2.45) is 0 Å². The Labute approximate surface area is 132 Å². The molecule has 0 atom stereocenters. The van der Waals surface area contributed by atoms with Gasteiger partial charge in [0.1, 0.15) is 6.33 Å². The number of fused-ring (bicyclic) bond motifs is 3. The van der Waals surface area contributed by atoms with Crippen LogP contribution in [-0.4, -0.2) is 19.5 Å². The SMILES string of the molecule is CCn1c2cnccc2c2cc(Cl)cc(-c3cncnc3)c21. The number of pyridine rings is 1. The third-order valence-electron chi connectivity index (χ3n) is 3.91. The maximum absolute atomic E-state index is 6.36. The zero-order valence-corrected chi connectivity index (χ0v) is 12.7.